The van der Waals surface area contributed by atoms with Gasteiger partial charge >= 0.3 is 5.97 Å². The van der Waals surface area contributed by atoms with Gasteiger partial charge < -0.3 is 4.74 Å². The molecule has 2 saturated carbocycles. The van der Waals surface area contributed by atoms with Gasteiger partial charge in [-0.1, -0.05) is 30.4 Å². The second-order valence-electron chi connectivity index (χ2n) is 9.52. The van der Waals surface area contributed by atoms with Gasteiger partial charge in [-0.05, 0) is 48.3 Å². The number of nitro groups is 1. The second-order valence-corrected chi connectivity index (χ2v) is 9.52. The summed E-state index contributed by atoms with van der Waals surface area (Å²) in [6, 6.07) is 11.2. The van der Waals surface area contributed by atoms with Gasteiger partial charge in [-0.2, -0.15) is 0 Å². The number of anilines is 1. The van der Waals surface area contributed by atoms with Crippen molar-refractivity contribution < 1.29 is 28.8 Å². The number of benzene rings is 2. The first kappa shape index (κ1) is 21.4. The molecule has 6 atom stereocenters. The van der Waals surface area contributed by atoms with E-state index in [1.807, 2.05) is 0 Å². The number of carbonyl (C=O) groups excluding carboxylic acids is 4. The Morgan fingerprint density at radius 3 is 2.23 bits per heavy atom. The number of esters is 1. The van der Waals surface area contributed by atoms with Gasteiger partial charge in [-0.3, -0.25) is 24.5 Å². The first-order valence-electron chi connectivity index (χ1n) is 11.5. The van der Waals surface area contributed by atoms with Crippen LogP contribution in [0.15, 0.2) is 60.7 Å². The van der Waals surface area contributed by atoms with E-state index in [1.54, 1.807) is 12.1 Å². The first-order valence-corrected chi connectivity index (χ1v) is 11.5. The molecule has 0 spiro atoms. The molecule has 35 heavy (non-hydrogen) atoms. The molecule has 5 aliphatic rings. The molecule has 2 aromatic rings. The summed E-state index contributed by atoms with van der Waals surface area (Å²) in [5.41, 5.74) is 0.213. The largest absolute Gasteiger partial charge is 0.454 e. The van der Waals surface area contributed by atoms with E-state index in [2.05, 4.69) is 12.2 Å². The molecular weight excluding hydrogens is 452 g/mol. The van der Waals surface area contributed by atoms with Crippen LogP contribution in [0, 0.1) is 45.6 Å². The number of amides is 2. The van der Waals surface area contributed by atoms with E-state index in [-0.39, 0.29) is 52.3 Å². The van der Waals surface area contributed by atoms with Crippen LogP contribution in [0.4, 0.5) is 11.4 Å². The van der Waals surface area contributed by atoms with Gasteiger partial charge in [-0.25, -0.2) is 9.69 Å². The van der Waals surface area contributed by atoms with E-state index in [0.29, 0.717) is 17.5 Å². The molecular formula is C26H20N2O7. The van der Waals surface area contributed by atoms with Crippen LogP contribution in [-0.2, 0) is 14.3 Å². The highest BCUT2D eigenvalue weighted by atomic mass is 16.6. The number of nitrogens with zero attached hydrogens (tertiary/aromatic N) is 2. The lowest BCUT2D eigenvalue weighted by Crippen LogP contribution is -2.40. The minimum absolute atomic E-state index is 0.0536. The van der Waals surface area contributed by atoms with Crippen LogP contribution >= 0.6 is 0 Å². The van der Waals surface area contributed by atoms with Crippen molar-refractivity contribution in [2.24, 2.45) is 35.5 Å². The average molecular weight is 472 g/mol. The van der Waals surface area contributed by atoms with E-state index in [9.17, 15) is 29.3 Å². The number of Topliss-reactive ketones (excluding diaryl/α,β-unsaturated/α-hetero) is 1. The molecule has 0 aromatic heterocycles. The van der Waals surface area contributed by atoms with Crippen molar-refractivity contribution in [3.8, 4) is 0 Å². The van der Waals surface area contributed by atoms with Gasteiger partial charge in [0.2, 0.25) is 17.6 Å². The molecule has 0 radical (unpaired) electrons. The zero-order chi connectivity index (χ0) is 24.4. The molecule has 176 valence electrons. The molecule has 1 aliphatic heterocycles. The van der Waals surface area contributed by atoms with Crippen molar-refractivity contribution in [3.05, 3.63) is 81.9 Å². The van der Waals surface area contributed by atoms with Crippen LogP contribution < -0.4 is 4.90 Å². The molecule has 0 N–H and O–H groups in total. The number of imide groups is 1. The van der Waals surface area contributed by atoms with Gasteiger partial charge in [0.1, 0.15) is 0 Å². The molecule has 2 bridgehead atoms. The number of hydrogen-bond donors (Lipinski definition) is 0. The van der Waals surface area contributed by atoms with Gasteiger partial charge in [0.25, 0.3) is 5.69 Å². The number of nitro benzene ring substituents is 1. The fourth-order valence-corrected chi connectivity index (χ4v) is 6.07. The molecule has 9 heteroatoms. The van der Waals surface area contributed by atoms with Gasteiger partial charge in [-0.15, -0.1) is 0 Å². The summed E-state index contributed by atoms with van der Waals surface area (Å²) in [5, 5.41) is 10.9. The smallest absolute Gasteiger partial charge is 0.338 e. The van der Waals surface area contributed by atoms with E-state index < -0.39 is 23.3 Å². The molecule has 4 aliphatic carbocycles. The summed E-state index contributed by atoms with van der Waals surface area (Å²) in [6.45, 7) is -0.603. The first-order chi connectivity index (χ1) is 16.8. The molecule has 2 amide bonds. The minimum atomic E-state index is -0.801. The number of allylic oxidation sites excluding steroid dienone is 2. The standard InChI is InChI=1S/C26H20N2O7/c29-21(13-3-1-6-16(9-13)28(33)34)12-35-26(32)14-4-2-5-15(10-14)27-24(30)22-17-7-8-18(20-11-19(17)20)23(22)25(27)31/h1-10,17-20,22-23H,11-12H2/t17-,18-,19-,20+,22-,23+/m0/s1. The Morgan fingerprint density at radius 1 is 0.943 bits per heavy atom. The van der Waals surface area contributed by atoms with Crippen molar-refractivity contribution >= 4 is 34.9 Å². The Kier molecular flexibility index (Phi) is 4.70. The summed E-state index contributed by atoms with van der Waals surface area (Å²) in [7, 11) is 0. The topological polar surface area (TPSA) is 124 Å². The zero-order valence-electron chi connectivity index (χ0n) is 18.4. The average Bonchev–Trinajstić information content (AvgIpc) is 3.65. The third-order valence-corrected chi connectivity index (χ3v) is 7.72. The molecule has 0 unspecified atom stereocenters. The molecule has 7 rings (SSSR count). The molecule has 1 saturated heterocycles. The molecule has 9 nitrogen and oxygen atoms in total. The van der Waals surface area contributed by atoms with Crippen LogP contribution in [0.1, 0.15) is 27.1 Å². The van der Waals surface area contributed by atoms with Crippen molar-refractivity contribution in [1.29, 1.82) is 0 Å². The number of carbonyl (C=O) groups is 4. The van der Waals surface area contributed by atoms with E-state index in [4.69, 9.17) is 4.74 Å². The van der Waals surface area contributed by atoms with Crippen LogP contribution in [0.5, 0.6) is 0 Å². The highest BCUT2D eigenvalue weighted by Gasteiger charge is 2.67. The summed E-state index contributed by atoms with van der Waals surface area (Å²) in [5.74, 6) is -1.34. The molecule has 1 heterocycles. The third-order valence-electron chi connectivity index (χ3n) is 7.72. The number of ether oxygens (including phenoxy) is 1. The predicted octanol–water partition coefficient (Wildman–Crippen LogP) is 3.19. The fourth-order valence-electron chi connectivity index (χ4n) is 6.07. The van der Waals surface area contributed by atoms with Crippen LogP contribution in [0.2, 0.25) is 0 Å². The van der Waals surface area contributed by atoms with Gasteiger partial charge in [0.05, 0.1) is 28.0 Å². The maximum atomic E-state index is 13.3. The number of ketones is 1. The number of hydrogen-bond acceptors (Lipinski definition) is 7. The summed E-state index contributed by atoms with van der Waals surface area (Å²) < 4.78 is 5.12. The third kappa shape index (κ3) is 3.30. The van der Waals surface area contributed by atoms with E-state index in [1.165, 1.54) is 35.2 Å². The highest BCUT2D eigenvalue weighted by molar-refractivity contribution is 6.23. The molecule has 2 aromatic carbocycles. The Labute approximate surface area is 199 Å². The van der Waals surface area contributed by atoms with Crippen LogP contribution in [0.3, 0.4) is 0 Å². The van der Waals surface area contributed by atoms with E-state index in [0.717, 1.165) is 12.5 Å². The van der Waals surface area contributed by atoms with Gasteiger partial charge in [0, 0.05) is 17.7 Å². The Balaban J connectivity index is 1.17. The lowest BCUT2D eigenvalue weighted by molar-refractivity contribution is -0.384. The van der Waals surface area contributed by atoms with Crippen molar-refractivity contribution in [2.75, 3.05) is 11.5 Å². The Morgan fingerprint density at radius 2 is 1.57 bits per heavy atom. The van der Waals surface area contributed by atoms with Crippen molar-refractivity contribution in [1.82, 2.24) is 0 Å². The minimum Gasteiger partial charge on any atom is -0.454 e. The SMILES string of the molecule is O=C(COC(=O)c1cccc(N2C(=O)[C@@H]3[C@H]4C=C[C@@H]([C@@H]5C[C@H]45)[C@@H]3C2=O)c1)c1cccc([N+](=O)[O-])c1. The lowest BCUT2D eigenvalue weighted by Gasteiger charge is -2.37. The van der Waals surface area contributed by atoms with Crippen LogP contribution in [-0.4, -0.2) is 35.1 Å². The second kappa shape index (κ2) is 7.69. The quantitative estimate of drug-likeness (QED) is 0.158. The lowest BCUT2D eigenvalue weighted by atomic mass is 9.63. The monoisotopic (exact) mass is 472 g/mol. The summed E-state index contributed by atoms with van der Waals surface area (Å²) >= 11 is 0. The zero-order valence-corrected chi connectivity index (χ0v) is 18.4. The van der Waals surface area contributed by atoms with Gasteiger partial charge in [0.15, 0.2) is 6.61 Å². The van der Waals surface area contributed by atoms with Crippen LogP contribution in [0.25, 0.3) is 0 Å². The van der Waals surface area contributed by atoms with Crippen molar-refractivity contribution in [2.45, 2.75) is 6.42 Å². The summed E-state index contributed by atoms with van der Waals surface area (Å²) in [6.07, 6.45) is 5.27. The fraction of sp³-hybridized carbons (Fsp3) is 0.308. The molecule has 3 fully saturated rings. The number of non-ortho nitro benzene ring substituents is 1. The Bertz CT molecular complexity index is 1310. The summed E-state index contributed by atoms with van der Waals surface area (Å²) in [4.78, 5) is 63.1. The predicted molar refractivity (Wildman–Crippen MR) is 121 cm³/mol. The van der Waals surface area contributed by atoms with E-state index >= 15 is 0 Å². The normalized spacial score (nSPS) is 29.5. The maximum Gasteiger partial charge on any atom is 0.338 e. The van der Waals surface area contributed by atoms with Crippen molar-refractivity contribution in [3.63, 3.8) is 0 Å². The Hall–Kier alpha value is -4.14. The number of rotatable bonds is 6. The highest BCUT2D eigenvalue weighted by Crippen LogP contribution is 2.65. The maximum absolute atomic E-state index is 13.3.